The zero-order valence-corrected chi connectivity index (χ0v) is 9.41. The molecule has 1 unspecified atom stereocenters. The van der Waals surface area contributed by atoms with Crippen molar-refractivity contribution in [1.82, 2.24) is 4.90 Å². The first-order valence-electron chi connectivity index (χ1n) is 4.71. The van der Waals surface area contributed by atoms with Crippen molar-refractivity contribution >= 4 is 12.6 Å². The van der Waals surface area contributed by atoms with Gasteiger partial charge in [0, 0.05) is 6.54 Å². The number of hydrogen-bond acceptors (Lipinski definition) is 3. The van der Waals surface area contributed by atoms with Crippen LogP contribution in [0, 0.1) is 0 Å². The number of rotatable bonds is 0. The number of ether oxygens (including phenoxy) is 1. The number of hydrogen-bond donors (Lipinski definition) is 1. The summed E-state index contributed by atoms with van der Waals surface area (Å²) in [6.45, 7) is 5.43. The van der Waals surface area contributed by atoms with Crippen LogP contribution in [0.3, 0.4) is 0 Å². The molecule has 0 saturated carbocycles. The van der Waals surface area contributed by atoms with Crippen molar-refractivity contribution in [2.24, 2.45) is 0 Å². The highest BCUT2D eigenvalue weighted by Crippen LogP contribution is 2.08. The van der Waals surface area contributed by atoms with Crippen LogP contribution in [-0.2, 0) is 4.74 Å². The first kappa shape index (κ1) is 11.6. The maximum atomic E-state index is 5.50. The van der Waals surface area contributed by atoms with E-state index in [0.29, 0.717) is 6.61 Å². The summed E-state index contributed by atoms with van der Waals surface area (Å²) in [6, 6.07) is 0. The predicted molar refractivity (Wildman–Crippen MR) is 63.4 cm³/mol. The van der Waals surface area contributed by atoms with Gasteiger partial charge < -0.3 is 4.74 Å². The van der Waals surface area contributed by atoms with Crippen LogP contribution in [0.4, 0.5) is 0 Å². The van der Waals surface area contributed by atoms with Crippen molar-refractivity contribution in [3.05, 3.63) is 36.5 Å². The predicted octanol–water partition coefficient (Wildman–Crippen LogP) is 2.22. The average Bonchev–Trinajstić information content (AvgIpc) is 2.17. The lowest BCUT2D eigenvalue weighted by atomic mass is 10.2. The Morgan fingerprint density at radius 3 is 3.14 bits per heavy atom. The molecule has 0 bridgehead atoms. The summed E-state index contributed by atoms with van der Waals surface area (Å²) in [4.78, 5) is 2.01. The van der Waals surface area contributed by atoms with E-state index in [1.54, 1.807) is 0 Å². The highest BCUT2D eigenvalue weighted by molar-refractivity contribution is 7.80. The molecule has 0 aromatic heterocycles. The fourth-order valence-electron chi connectivity index (χ4n) is 1.19. The molecule has 0 aliphatic carbocycles. The second kappa shape index (κ2) is 6.06. The molecule has 0 spiro atoms. The van der Waals surface area contributed by atoms with Gasteiger partial charge >= 0.3 is 0 Å². The van der Waals surface area contributed by atoms with E-state index in [2.05, 4.69) is 25.3 Å². The molecule has 0 saturated heterocycles. The Labute approximate surface area is 91.3 Å². The minimum Gasteiger partial charge on any atom is -0.354 e. The van der Waals surface area contributed by atoms with Gasteiger partial charge in [-0.2, -0.15) is 0 Å². The molecule has 3 heteroatoms. The summed E-state index contributed by atoms with van der Waals surface area (Å²) in [5, 5.41) is 0. The van der Waals surface area contributed by atoms with Gasteiger partial charge in [0.25, 0.3) is 0 Å². The Balaban J connectivity index is 2.59. The maximum absolute atomic E-state index is 5.50. The van der Waals surface area contributed by atoms with Crippen molar-refractivity contribution in [2.75, 3.05) is 20.2 Å². The minimum atomic E-state index is -0.147. The third kappa shape index (κ3) is 4.13. The van der Waals surface area contributed by atoms with Crippen LogP contribution < -0.4 is 0 Å². The second-order valence-corrected chi connectivity index (χ2v) is 3.79. The van der Waals surface area contributed by atoms with E-state index in [4.69, 9.17) is 4.74 Å². The van der Waals surface area contributed by atoms with Crippen LogP contribution in [0.1, 0.15) is 6.42 Å². The van der Waals surface area contributed by atoms with Gasteiger partial charge in [-0.1, -0.05) is 30.9 Å². The third-order valence-corrected chi connectivity index (χ3v) is 2.50. The van der Waals surface area contributed by atoms with Crippen molar-refractivity contribution < 1.29 is 4.74 Å². The van der Waals surface area contributed by atoms with Gasteiger partial charge in [0.05, 0.1) is 6.61 Å². The largest absolute Gasteiger partial charge is 0.354 e. The summed E-state index contributed by atoms with van der Waals surface area (Å²) >= 11 is 4.35. The van der Waals surface area contributed by atoms with Gasteiger partial charge in [-0.15, -0.1) is 12.6 Å². The lowest BCUT2D eigenvalue weighted by molar-refractivity contribution is 0.0239. The number of allylic oxidation sites excluding steroid dienone is 2. The second-order valence-electron chi connectivity index (χ2n) is 3.35. The quantitative estimate of drug-likeness (QED) is 0.617. The van der Waals surface area contributed by atoms with E-state index in [1.807, 2.05) is 30.2 Å². The van der Waals surface area contributed by atoms with Gasteiger partial charge in [0.15, 0.2) is 5.56 Å². The molecule has 1 atom stereocenters. The average molecular weight is 211 g/mol. The molecule has 1 aliphatic rings. The van der Waals surface area contributed by atoms with E-state index in [9.17, 15) is 0 Å². The molecule has 0 amide bonds. The van der Waals surface area contributed by atoms with Crippen molar-refractivity contribution in [1.29, 1.82) is 0 Å². The lowest BCUT2D eigenvalue weighted by Crippen LogP contribution is -2.31. The molecule has 0 aromatic carbocycles. The van der Waals surface area contributed by atoms with Crippen LogP contribution in [-0.4, -0.2) is 30.7 Å². The molecule has 0 radical (unpaired) electrons. The lowest BCUT2D eigenvalue weighted by Gasteiger charge is -2.23. The Kier molecular flexibility index (Phi) is 5.01. The minimum absolute atomic E-state index is 0.147. The molecular weight excluding hydrogens is 194 g/mol. The van der Waals surface area contributed by atoms with E-state index >= 15 is 0 Å². The highest BCUT2D eigenvalue weighted by atomic mass is 32.1. The molecular formula is C11H17NOS. The molecule has 1 aliphatic heterocycles. The van der Waals surface area contributed by atoms with Gasteiger partial charge in [-0.25, -0.2) is 0 Å². The first-order valence-corrected chi connectivity index (χ1v) is 5.22. The summed E-state index contributed by atoms with van der Waals surface area (Å²) in [5.74, 6) is 0. The summed E-state index contributed by atoms with van der Waals surface area (Å²) < 4.78 is 5.50. The smallest absolute Gasteiger partial charge is 0.155 e. The number of nitrogens with zero attached hydrogens (tertiary/aromatic N) is 1. The zero-order chi connectivity index (χ0) is 10.4. The normalized spacial score (nSPS) is 30.7. The molecule has 0 aromatic rings. The topological polar surface area (TPSA) is 12.5 Å². The summed E-state index contributed by atoms with van der Waals surface area (Å²) in [5.41, 5.74) is 0.911. The Morgan fingerprint density at radius 1 is 1.57 bits per heavy atom. The van der Waals surface area contributed by atoms with Crippen LogP contribution in [0.5, 0.6) is 0 Å². The van der Waals surface area contributed by atoms with Gasteiger partial charge in [-0.3, -0.25) is 4.90 Å². The standard InChI is InChI=1S/C11H17NOS/c1-10-7-5-3-4-6-8-13-11(14)12(2)9-10/h3-5,7,11,14H,1,6,8-9H2,2H3/b4-3-,7-5-. The van der Waals surface area contributed by atoms with Gasteiger partial charge in [-0.05, 0) is 19.0 Å². The van der Waals surface area contributed by atoms with Crippen molar-refractivity contribution in [3.63, 3.8) is 0 Å². The molecule has 0 fully saturated rings. The molecule has 78 valence electrons. The number of likely N-dealkylation sites (N-methyl/N-ethyl adjacent to an activating group) is 1. The molecule has 1 rings (SSSR count). The summed E-state index contributed by atoms with van der Waals surface area (Å²) in [7, 11) is 1.97. The Hall–Kier alpha value is -0.510. The SMILES string of the molecule is C=C1/C=C\C=C/CCOC(S)N(C)C1. The van der Waals surface area contributed by atoms with E-state index in [1.165, 1.54) is 0 Å². The summed E-state index contributed by atoms with van der Waals surface area (Å²) in [6.07, 6.45) is 9.04. The molecule has 0 N–H and O–H groups in total. The molecule has 14 heavy (non-hydrogen) atoms. The van der Waals surface area contributed by atoms with Crippen LogP contribution in [0.15, 0.2) is 36.5 Å². The van der Waals surface area contributed by atoms with Crippen LogP contribution >= 0.6 is 12.6 Å². The van der Waals surface area contributed by atoms with Gasteiger partial charge in [0.1, 0.15) is 0 Å². The molecule has 1 heterocycles. The third-order valence-electron chi connectivity index (χ3n) is 1.96. The van der Waals surface area contributed by atoms with E-state index in [0.717, 1.165) is 18.5 Å². The van der Waals surface area contributed by atoms with E-state index < -0.39 is 0 Å². The van der Waals surface area contributed by atoms with Gasteiger partial charge in [0.2, 0.25) is 0 Å². The monoisotopic (exact) mass is 211 g/mol. The maximum Gasteiger partial charge on any atom is 0.155 e. The molecule has 2 nitrogen and oxygen atoms in total. The van der Waals surface area contributed by atoms with Crippen LogP contribution in [0.2, 0.25) is 0 Å². The fraction of sp³-hybridized carbons (Fsp3) is 0.455. The Morgan fingerprint density at radius 2 is 2.36 bits per heavy atom. The fourth-order valence-corrected chi connectivity index (χ4v) is 1.37. The van der Waals surface area contributed by atoms with Crippen molar-refractivity contribution in [2.45, 2.75) is 12.0 Å². The highest BCUT2D eigenvalue weighted by Gasteiger charge is 2.09. The number of thiol groups is 1. The van der Waals surface area contributed by atoms with Crippen molar-refractivity contribution in [3.8, 4) is 0 Å². The zero-order valence-electron chi connectivity index (χ0n) is 8.52. The Bertz CT molecular complexity index is 248. The first-order chi connectivity index (χ1) is 6.70. The van der Waals surface area contributed by atoms with Crippen LogP contribution in [0.25, 0.3) is 0 Å². The van der Waals surface area contributed by atoms with E-state index in [-0.39, 0.29) is 5.56 Å².